The summed E-state index contributed by atoms with van der Waals surface area (Å²) in [5, 5.41) is 12.8. The first kappa shape index (κ1) is 14.9. The van der Waals surface area contributed by atoms with Gasteiger partial charge in [-0.25, -0.2) is 4.39 Å². The van der Waals surface area contributed by atoms with E-state index >= 15 is 0 Å². The molecule has 0 aromatic heterocycles. The van der Waals surface area contributed by atoms with Gasteiger partial charge < -0.3 is 10.4 Å². The van der Waals surface area contributed by atoms with Crippen molar-refractivity contribution in [2.24, 2.45) is 0 Å². The number of amides is 1. The summed E-state index contributed by atoms with van der Waals surface area (Å²) in [5.74, 6) is -0.475. The van der Waals surface area contributed by atoms with Crippen LogP contribution in [0.2, 0.25) is 0 Å². The zero-order chi connectivity index (χ0) is 14.8. The third-order valence-electron chi connectivity index (χ3n) is 3.65. The molecule has 1 aliphatic heterocycles. The van der Waals surface area contributed by atoms with Gasteiger partial charge in [0.15, 0.2) is 0 Å². The molecule has 1 aliphatic rings. The monoisotopic (exact) mass is 280 g/mol. The number of aliphatic hydroxyl groups is 1. The molecule has 0 spiro atoms. The number of rotatable bonds is 4. The summed E-state index contributed by atoms with van der Waals surface area (Å²) in [7, 11) is 0. The van der Waals surface area contributed by atoms with Gasteiger partial charge in [0.2, 0.25) is 5.91 Å². The number of hydrogen-bond acceptors (Lipinski definition) is 3. The highest BCUT2D eigenvalue weighted by Gasteiger charge is 2.36. The van der Waals surface area contributed by atoms with Crippen molar-refractivity contribution >= 4 is 11.6 Å². The van der Waals surface area contributed by atoms with Gasteiger partial charge in [-0.2, -0.15) is 0 Å². The van der Waals surface area contributed by atoms with Gasteiger partial charge >= 0.3 is 0 Å². The Morgan fingerprint density at radius 2 is 2.10 bits per heavy atom. The Hall–Kier alpha value is -1.46. The topological polar surface area (TPSA) is 52.6 Å². The molecule has 1 amide bonds. The normalized spacial score (nSPS) is 20.1. The predicted octanol–water partition coefficient (Wildman–Crippen LogP) is 2.00. The van der Waals surface area contributed by atoms with Gasteiger partial charge in [0, 0.05) is 11.7 Å². The molecule has 1 atom stereocenters. The van der Waals surface area contributed by atoms with E-state index in [0.29, 0.717) is 5.69 Å². The van der Waals surface area contributed by atoms with Crippen LogP contribution in [0, 0.1) is 5.82 Å². The zero-order valence-corrected chi connectivity index (χ0v) is 11.9. The fourth-order valence-electron chi connectivity index (χ4n) is 2.73. The summed E-state index contributed by atoms with van der Waals surface area (Å²) >= 11 is 0. The average Bonchev–Trinajstić information content (AvgIpc) is 2.80. The van der Waals surface area contributed by atoms with Crippen LogP contribution in [0.5, 0.6) is 0 Å². The van der Waals surface area contributed by atoms with Crippen LogP contribution < -0.4 is 5.32 Å². The molecule has 0 saturated carbocycles. The maximum Gasteiger partial charge on any atom is 0.238 e. The summed E-state index contributed by atoms with van der Waals surface area (Å²) in [5.41, 5.74) is -0.234. The van der Waals surface area contributed by atoms with Crippen molar-refractivity contribution in [1.29, 1.82) is 0 Å². The lowest BCUT2D eigenvalue weighted by Gasteiger charge is -2.33. The second-order valence-electron chi connectivity index (χ2n) is 5.84. The van der Waals surface area contributed by atoms with Crippen LogP contribution in [-0.4, -0.2) is 40.6 Å². The fourth-order valence-corrected chi connectivity index (χ4v) is 2.73. The minimum atomic E-state index is -0.813. The van der Waals surface area contributed by atoms with Crippen molar-refractivity contribution in [2.45, 2.75) is 38.3 Å². The van der Waals surface area contributed by atoms with Gasteiger partial charge in [-0.3, -0.25) is 9.69 Å². The highest BCUT2D eigenvalue weighted by atomic mass is 19.1. The molecule has 1 unspecified atom stereocenters. The lowest BCUT2D eigenvalue weighted by molar-refractivity contribution is -0.118. The molecule has 2 rings (SSSR count). The van der Waals surface area contributed by atoms with E-state index in [0.717, 1.165) is 19.4 Å². The first-order valence-corrected chi connectivity index (χ1v) is 6.88. The molecule has 1 aromatic carbocycles. The minimum absolute atomic E-state index is 0.00136. The molecule has 1 saturated heterocycles. The van der Waals surface area contributed by atoms with E-state index in [1.807, 2.05) is 4.90 Å². The quantitative estimate of drug-likeness (QED) is 0.887. The van der Waals surface area contributed by atoms with Gasteiger partial charge in [0.25, 0.3) is 0 Å². The third kappa shape index (κ3) is 3.77. The molecule has 1 heterocycles. The van der Waals surface area contributed by atoms with E-state index in [1.165, 1.54) is 24.3 Å². The summed E-state index contributed by atoms with van der Waals surface area (Å²) < 4.78 is 12.8. The highest BCUT2D eigenvalue weighted by molar-refractivity contribution is 5.92. The first-order valence-electron chi connectivity index (χ1n) is 6.88. The van der Waals surface area contributed by atoms with E-state index in [9.17, 15) is 14.3 Å². The SMILES string of the molecule is CC(C)(O)C1CCCN1CC(=O)Nc1ccc(F)cc1. The Balaban J connectivity index is 1.92. The van der Waals surface area contributed by atoms with Gasteiger partial charge in [-0.15, -0.1) is 0 Å². The predicted molar refractivity (Wildman–Crippen MR) is 75.9 cm³/mol. The standard InChI is InChI=1S/C15H21FN2O2/c1-15(2,20)13-4-3-9-18(13)10-14(19)17-12-7-5-11(16)6-8-12/h5-8,13,20H,3-4,9-10H2,1-2H3,(H,17,19). The number of halogens is 1. The van der Waals surface area contributed by atoms with E-state index < -0.39 is 5.60 Å². The molecule has 0 aliphatic carbocycles. The lowest BCUT2D eigenvalue weighted by atomic mass is 9.97. The van der Waals surface area contributed by atoms with Gasteiger partial charge in [-0.05, 0) is 57.5 Å². The first-order chi connectivity index (χ1) is 9.36. The average molecular weight is 280 g/mol. The summed E-state index contributed by atoms with van der Waals surface area (Å²) in [6.07, 6.45) is 1.88. The second-order valence-corrected chi connectivity index (χ2v) is 5.84. The molecule has 5 heteroatoms. The van der Waals surface area contributed by atoms with Crippen molar-refractivity contribution < 1.29 is 14.3 Å². The van der Waals surface area contributed by atoms with E-state index in [4.69, 9.17) is 0 Å². The molecule has 1 aromatic rings. The van der Waals surface area contributed by atoms with Gasteiger partial charge in [0.05, 0.1) is 12.1 Å². The number of hydrogen-bond donors (Lipinski definition) is 2. The Bertz CT molecular complexity index is 468. The van der Waals surface area contributed by atoms with Crippen LogP contribution in [0.4, 0.5) is 10.1 Å². The van der Waals surface area contributed by atoms with Crippen LogP contribution in [0.3, 0.4) is 0 Å². The lowest BCUT2D eigenvalue weighted by Crippen LogP contribution is -2.48. The third-order valence-corrected chi connectivity index (χ3v) is 3.65. The Morgan fingerprint density at radius 3 is 2.70 bits per heavy atom. The molecule has 0 bridgehead atoms. The molecule has 110 valence electrons. The van der Waals surface area contributed by atoms with Crippen molar-refractivity contribution in [3.63, 3.8) is 0 Å². The Kier molecular flexibility index (Phi) is 4.40. The largest absolute Gasteiger partial charge is 0.389 e. The molecule has 2 N–H and O–H groups in total. The summed E-state index contributed by atoms with van der Waals surface area (Å²) in [4.78, 5) is 14.0. The number of anilines is 1. The van der Waals surface area contributed by atoms with Gasteiger partial charge in [-0.1, -0.05) is 0 Å². The number of carbonyl (C=O) groups excluding carboxylic acids is 1. The summed E-state index contributed by atoms with van der Waals surface area (Å²) in [6.45, 7) is 4.60. The molecule has 4 nitrogen and oxygen atoms in total. The van der Waals surface area contributed by atoms with E-state index in [2.05, 4.69) is 5.32 Å². The van der Waals surface area contributed by atoms with Crippen LogP contribution in [0.25, 0.3) is 0 Å². The number of likely N-dealkylation sites (tertiary alicyclic amines) is 1. The van der Waals surface area contributed by atoms with Crippen LogP contribution in [0.1, 0.15) is 26.7 Å². The van der Waals surface area contributed by atoms with Crippen molar-refractivity contribution in [3.05, 3.63) is 30.1 Å². The number of nitrogens with one attached hydrogen (secondary N) is 1. The molecule has 20 heavy (non-hydrogen) atoms. The Labute approximate surface area is 118 Å². The molecule has 1 fully saturated rings. The smallest absolute Gasteiger partial charge is 0.238 e. The van der Waals surface area contributed by atoms with Crippen LogP contribution in [-0.2, 0) is 4.79 Å². The van der Waals surface area contributed by atoms with E-state index in [-0.39, 0.29) is 24.3 Å². The van der Waals surface area contributed by atoms with Crippen molar-refractivity contribution in [3.8, 4) is 0 Å². The maximum absolute atomic E-state index is 12.8. The fraction of sp³-hybridized carbons (Fsp3) is 0.533. The molecular formula is C15H21FN2O2. The van der Waals surface area contributed by atoms with Crippen LogP contribution in [0.15, 0.2) is 24.3 Å². The number of carbonyl (C=O) groups is 1. The number of benzene rings is 1. The molecular weight excluding hydrogens is 259 g/mol. The number of nitrogens with zero attached hydrogens (tertiary/aromatic N) is 1. The van der Waals surface area contributed by atoms with E-state index in [1.54, 1.807) is 13.8 Å². The van der Waals surface area contributed by atoms with Crippen molar-refractivity contribution in [2.75, 3.05) is 18.4 Å². The van der Waals surface area contributed by atoms with Crippen molar-refractivity contribution in [1.82, 2.24) is 4.90 Å². The van der Waals surface area contributed by atoms with Gasteiger partial charge in [0.1, 0.15) is 5.82 Å². The zero-order valence-electron chi connectivity index (χ0n) is 11.9. The Morgan fingerprint density at radius 1 is 1.45 bits per heavy atom. The minimum Gasteiger partial charge on any atom is -0.389 e. The maximum atomic E-state index is 12.8. The van der Waals surface area contributed by atoms with Crippen LogP contribution >= 0.6 is 0 Å². The highest BCUT2D eigenvalue weighted by Crippen LogP contribution is 2.26. The molecule has 0 radical (unpaired) electrons. The second kappa shape index (κ2) is 5.89. The summed E-state index contributed by atoms with van der Waals surface area (Å²) in [6, 6.07) is 5.69.